The molecular weight excluding hydrogens is 365 g/mol. The molecule has 2 aliphatic carbocycles. The van der Waals surface area contributed by atoms with E-state index < -0.39 is 17.5 Å². The molecule has 0 amide bonds. The highest BCUT2D eigenvalue weighted by Gasteiger charge is 2.33. The maximum Gasteiger partial charge on any atom is 0.194 e. The Morgan fingerprint density at radius 2 is 1.32 bits per heavy atom. The van der Waals surface area contributed by atoms with E-state index >= 15 is 0 Å². The third-order valence-corrected chi connectivity index (χ3v) is 7.08. The molecule has 0 N–H and O–H groups in total. The first-order valence-corrected chi connectivity index (χ1v) is 11.0. The highest BCUT2D eigenvalue weighted by molar-refractivity contribution is 5.23. The first kappa shape index (κ1) is 20.2. The fourth-order valence-electron chi connectivity index (χ4n) is 5.30. The molecule has 1 aliphatic heterocycles. The number of hydrogen-bond acceptors (Lipinski definition) is 2. The third kappa shape index (κ3) is 4.73. The van der Waals surface area contributed by atoms with E-state index in [1.165, 1.54) is 38.5 Å². The van der Waals surface area contributed by atoms with Crippen LogP contribution in [0.25, 0.3) is 0 Å². The minimum atomic E-state index is -1.39. The van der Waals surface area contributed by atoms with Gasteiger partial charge in [0.2, 0.25) is 0 Å². The van der Waals surface area contributed by atoms with Crippen LogP contribution in [0, 0.1) is 35.2 Å². The van der Waals surface area contributed by atoms with Crippen LogP contribution in [0.4, 0.5) is 13.2 Å². The van der Waals surface area contributed by atoms with Crippen LogP contribution in [0.3, 0.4) is 0 Å². The van der Waals surface area contributed by atoms with Crippen LogP contribution in [-0.4, -0.2) is 19.5 Å². The van der Waals surface area contributed by atoms with E-state index in [2.05, 4.69) is 0 Å². The SMILES string of the molecule is Fc1cc(C2CCC(C3OCC(CCC4CCCC4)CO3)CC2)cc(F)c1F. The highest BCUT2D eigenvalue weighted by Crippen LogP contribution is 2.40. The van der Waals surface area contributed by atoms with E-state index in [0.29, 0.717) is 17.4 Å². The molecule has 0 unspecified atom stereocenters. The van der Waals surface area contributed by atoms with Gasteiger partial charge in [0, 0.05) is 11.8 Å². The Bertz CT molecular complexity index is 620. The van der Waals surface area contributed by atoms with Crippen molar-refractivity contribution >= 4 is 0 Å². The van der Waals surface area contributed by atoms with Crippen molar-refractivity contribution in [1.29, 1.82) is 0 Å². The van der Waals surface area contributed by atoms with E-state index in [-0.39, 0.29) is 12.2 Å². The van der Waals surface area contributed by atoms with E-state index in [1.807, 2.05) is 0 Å². The molecule has 3 fully saturated rings. The lowest BCUT2D eigenvalue weighted by molar-refractivity contribution is -0.229. The fourth-order valence-corrected chi connectivity index (χ4v) is 5.30. The lowest BCUT2D eigenvalue weighted by Gasteiger charge is -2.38. The smallest absolute Gasteiger partial charge is 0.194 e. The molecule has 4 rings (SSSR count). The van der Waals surface area contributed by atoms with Gasteiger partial charge in [-0.15, -0.1) is 0 Å². The zero-order valence-electron chi connectivity index (χ0n) is 16.5. The van der Waals surface area contributed by atoms with Crippen molar-refractivity contribution in [1.82, 2.24) is 0 Å². The maximum atomic E-state index is 13.5. The van der Waals surface area contributed by atoms with Crippen LogP contribution in [0.15, 0.2) is 12.1 Å². The predicted octanol–water partition coefficient (Wildman–Crippen LogP) is 6.34. The zero-order valence-corrected chi connectivity index (χ0v) is 16.5. The first-order valence-electron chi connectivity index (χ1n) is 11.0. The number of rotatable bonds is 5. The molecule has 1 heterocycles. The lowest BCUT2D eigenvalue weighted by atomic mass is 9.78. The predicted molar refractivity (Wildman–Crippen MR) is 101 cm³/mol. The average molecular weight is 396 g/mol. The number of hydrogen-bond donors (Lipinski definition) is 0. The molecule has 2 saturated carbocycles. The summed E-state index contributed by atoms with van der Waals surface area (Å²) >= 11 is 0. The molecule has 1 aromatic carbocycles. The van der Waals surface area contributed by atoms with Crippen LogP contribution >= 0.6 is 0 Å². The van der Waals surface area contributed by atoms with Gasteiger partial charge in [-0.25, -0.2) is 13.2 Å². The van der Waals surface area contributed by atoms with Crippen LogP contribution in [0.2, 0.25) is 0 Å². The number of benzene rings is 1. The Balaban J connectivity index is 1.21. The number of halogens is 3. The van der Waals surface area contributed by atoms with Crippen LogP contribution in [0.5, 0.6) is 0 Å². The normalized spacial score (nSPS) is 32.0. The molecular formula is C23H31F3O2. The van der Waals surface area contributed by atoms with E-state index in [9.17, 15) is 13.2 Å². The molecule has 0 spiro atoms. The Morgan fingerprint density at radius 3 is 1.93 bits per heavy atom. The largest absolute Gasteiger partial charge is 0.352 e. The molecule has 3 aliphatic rings. The summed E-state index contributed by atoms with van der Waals surface area (Å²) < 4.78 is 52.3. The van der Waals surface area contributed by atoms with Crippen molar-refractivity contribution in [2.75, 3.05) is 13.2 Å². The lowest BCUT2D eigenvalue weighted by Crippen LogP contribution is -2.38. The van der Waals surface area contributed by atoms with Gasteiger partial charge in [-0.3, -0.25) is 0 Å². The fraction of sp³-hybridized carbons (Fsp3) is 0.739. The summed E-state index contributed by atoms with van der Waals surface area (Å²) in [6.07, 6.45) is 11.4. The van der Waals surface area contributed by atoms with Gasteiger partial charge in [-0.1, -0.05) is 32.1 Å². The minimum Gasteiger partial charge on any atom is -0.352 e. The van der Waals surface area contributed by atoms with Crippen molar-refractivity contribution in [2.45, 2.75) is 76.4 Å². The molecule has 156 valence electrons. The Morgan fingerprint density at radius 1 is 0.750 bits per heavy atom. The summed E-state index contributed by atoms with van der Waals surface area (Å²) in [6, 6.07) is 2.29. The summed E-state index contributed by atoms with van der Waals surface area (Å²) in [7, 11) is 0. The molecule has 0 aromatic heterocycles. The monoisotopic (exact) mass is 396 g/mol. The molecule has 5 heteroatoms. The van der Waals surface area contributed by atoms with E-state index in [0.717, 1.165) is 56.9 Å². The number of ether oxygens (including phenoxy) is 2. The Labute approximate surface area is 165 Å². The highest BCUT2D eigenvalue weighted by atomic mass is 19.2. The summed E-state index contributed by atoms with van der Waals surface area (Å²) in [6.45, 7) is 1.57. The van der Waals surface area contributed by atoms with Gasteiger partial charge >= 0.3 is 0 Å². The topological polar surface area (TPSA) is 18.5 Å². The van der Waals surface area contributed by atoms with Crippen molar-refractivity contribution in [3.63, 3.8) is 0 Å². The Kier molecular flexibility index (Phi) is 6.62. The average Bonchev–Trinajstić information content (AvgIpc) is 3.24. The third-order valence-electron chi connectivity index (χ3n) is 7.08. The van der Waals surface area contributed by atoms with Gasteiger partial charge < -0.3 is 9.47 Å². The molecule has 0 atom stereocenters. The van der Waals surface area contributed by atoms with Gasteiger partial charge in [-0.05, 0) is 61.6 Å². The van der Waals surface area contributed by atoms with E-state index in [4.69, 9.17) is 9.47 Å². The molecule has 0 bridgehead atoms. The molecule has 2 nitrogen and oxygen atoms in total. The molecule has 1 aromatic rings. The summed E-state index contributed by atoms with van der Waals surface area (Å²) in [5.41, 5.74) is 0.562. The maximum absolute atomic E-state index is 13.5. The second-order valence-electron chi connectivity index (χ2n) is 9.04. The summed E-state index contributed by atoms with van der Waals surface area (Å²) in [5.74, 6) is -1.75. The Hall–Kier alpha value is -1.07. The van der Waals surface area contributed by atoms with Gasteiger partial charge in [0.15, 0.2) is 23.7 Å². The molecule has 28 heavy (non-hydrogen) atoms. The molecule has 0 radical (unpaired) electrons. The second-order valence-corrected chi connectivity index (χ2v) is 9.04. The molecule has 1 saturated heterocycles. The van der Waals surface area contributed by atoms with Crippen molar-refractivity contribution in [2.24, 2.45) is 17.8 Å². The van der Waals surface area contributed by atoms with Gasteiger partial charge in [0.25, 0.3) is 0 Å². The summed E-state index contributed by atoms with van der Waals surface area (Å²) in [4.78, 5) is 0. The standard InChI is InChI=1S/C23H31F3O2/c24-20-11-19(12-21(25)22(20)26)17-7-9-18(10-8-17)23-27-13-16(14-28-23)6-5-15-3-1-2-4-15/h11-12,15-18,23H,1-10,13-14H2. The zero-order chi connectivity index (χ0) is 19.5. The van der Waals surface area contributed by atoms with Gasteiger partial charge in [0.1, 0.15) is 0 Å². The summed E-state index contributed by atoms with van der Waals surface area (Å²) in [5, 5.41) is 0. The van der Waals surface area contributed by atoms with Crippen LogP contribution < -0.4 is 0 Å². The van der Waals surface area contributed by atoms with E-state index in [1.54, 1.807) is 0 Å². The first-order chi connectivity index (χ1) is 13.6. The van der Waals surface area contributed by atoms with Crippen LogP contribution in [0.1, 0.15) is 75.7 Å². The minimum absolute atomic E-state index is 0.0728. The van der Waals surface area contributed by atoms with Crippen molar-refractivity contribution in [3.05, 3.63) is 35.1 Å². The second kappa shape index (κ2) is 9.17. The van der Waals surface area contributed by atoms with Gasteiger partial charge in [-0.2, -0.15) is 0 Å². The quantitative estimate of drug-likeness (QED) is 0.541. The van der Waals surface area contributed by atoms with Crippen LogP contribution in [-0.2, 0) is 9.47 Å². The van der Waals surface area contributed by atoms with Gasteiger partial charge in [0.05, 0.1) is 13.2 Å². The van der Waals surface area contributed by atoms with Crippen molar-refractivity contribution < 1.29 is 22.6 Å². The van der Waals surface area contributed by atoms with Crippen molar-refractivity contribution in [3.8, 4) is 0 Å².